The fourth-order valence-corrected chi connectivity index (χ4v) is 3.25. The minimum Gasteiger partial charge on any atom is -0.508 e. The number of phenols is 1. The monoisotopic (exact) mass is 309 g/mol. The van der Waals surface area contributed by atoms with Crippen molar-refractivity contribution in [2.24, 2.45) is 0 Å². The van der Waals surface area contributed by atoms with Crippen molar-refractivity contribution in [3.8, 4) is 5.75 Å². The minimum atomic E-state index is -0.0120. The zero-order chi connectivity index (χ0) is 14.7. The smallest absolute Gasteiger partial charge is 0.208 e. The Bertz CT molecular complexity index is 626. The van der Waals surface area contributed by atoms with E-state index in [-0.39, 0.29) is 11.5 Å². The average Bonchev–Trinajstić information content (AvgIpc) is 2.86. The number of thioether (sulfide) groups is 1. The summed E-state index contributed by atoms with van der Waals surface area (Å²) in [6.07, 6.45) is 0. The number of benzene rings is 1. The fourth-order valence-electron chi connectivity index (χ4n) is 1.50. The van der Waals surface area contributed by atoms with Crippen LogP contribution in [0.15, 0.2) is 22.5 Å². The van der Waals surface area contributed by atoms with Gasteiger partial charge in [-0.3, -0.25) is 4.79 Å². The molecule has 1 aromatic carbocycles. The zero-order valence-corrected chi connectivity index (χ0v) is 13.1. The predicted molar refractivity (Wildman–Crippen MR) is 81.9 cm³/mol. The molecule has 0 radical (unpaired) electrons. The molecule has 0 atom stereocenters. The van der Waals surface area contributed by atoms with Gasteiger partial charge in [-0.25, -0.2) is 0 Å². The molecule has 0 saturated heterocycles. The number of phenolic OH excluding ortho intramolecular Hbond substituents is 1. The van der Waals surface area contributed by atoms with Crippen LogP contribution in [0.3, 0.4) is 0 Å². The van der Waals surface area contributed by atoms with E-state index in [1.165, 1.54) is 30.0 Å². The Labute approximate surface area is 125 Å². The molecule has 1 heterocycles. The second kappa shape index (κ2) is 6.23. The molecule has 0 aliphatic rings. The molecule has 106 valence electrons. The molecular weight excluding hydrogens is 294 g/mol. The van der Waals surface area contributed by atoms with Gasteiger partial charge in [-0.1, -0.05) is 23.1 Å². The Morgan fingerprint density at radius 2 is 2.15 bits per heavy atom. The van der Waals surface area contributed by atoms with Crippen LogP contribution >= 0.6 is 23.1 Å². The SMILES string of the molecule is CC(=O)c1ccc(O)c(CSc2nnc(N(C)C)s2)c1. The van der Waals surface area contributed by atoms with Crippen LogP contribution in [-0.4, -0.2) is 35.2 Å². The van der Waals surface area contributed by atoms with E-state index in [0.717, 1.165) is 15.0 Å². The molecular formula is C13H15N3O2S2. The van der Waals surface area contributed by atoms with Gasteiger partial charge in [0.25, 0.3) is 0 Å². The molecule has 0 spiro atoms. The van der Waals surface area contributed by atoms with Crippen molar-refractivity contribution >= 4 is 34.0 Å². The first-order chi connectivity index (χ1) is 9.47. The highest BCUT2D eigenvalue weighted by Gasteiger charge is 2.10. The highest BCUT2D eigenvalue weighted by atomic mass is 32.2. The lowest BCUT2D eigenvalue weighted by atomic mass is 10.1. The number of hydrogen-bond acceptors (Lipinski definition) is 7. The molecule has 0 fully saturated rings. The molecule has 1 N–H and O–H groups in total. The number of Topliss-reactive ketones (excluding diaryl/α,β-unsaturated/α-hetero) is 1. The average molecular weight is 309 g/mol. The van der Waals surface area contributed by atoms with E-state index in [2.05, 4.69) is 10.2 Å². The quantitative estimate of drug-likeness (QED) is 0.677. The summed E-state index contributed by atoms with van der Waals surface area (Å²) in [4.78, 5) is 13.2. The van der Waals surface area contributed by atoms with Gasteiger partial charge in [-0.15, -0.1) is 10.2 Å². The summed E-state index contributed by atoms with van der Waals surface area (Å²) in [5.41, 5.74) is 1.33. The van der Waals surface area contributed by atoms with Gasteiger partial charge in [-0.05, 0) is 25.1 Å². The Hall–Kier alpha value is -1.60. The van der Waals surface area contributed by atoms with Crippen molar-refractivity contribution in [1.29, 1.82) is 0 Å². The van der Waals surface area contributed by atoms with Gasteiger partial charge in [0, 0.05) is 31.0 Å². The van der Waals surface area contributed by atoms with Crippen LogP contribution in [-0.2, 0) is 5.75 Å². The minimum absolute atomic E-state index is 0.0120. The van der Waals surface area contributed by atoms with Crippen molar-refractivity contribution in [3.63, 3.8) is 0 Å². The number of ketones is 1. The molecule has 1 aromatic heterocycles. The first-order valence-electron chi connectivity index (χ1n) is 5.94. The number of hydrogen-bond donors (Lipinski definition) is 1. The third-order valence-electron chi connectivity index (χ3n) is 2.62. The first-order valence-corrected chi connectivity index (χ1v) is 7.74. The summed E-state index contributed by atoms with van der Waals surface area (Å²) in [6, 6.07) is 4.90. The molecule has 2 aromatic rings. The number of aromatic hydroxyl groups is 1. The standard InChI is InChI=1S/C13H15N3O2S2/c1-8(17)9-4-5-11(18)10(6-9)7-19-13-15-14-12(20-13)16(2)3/h4-6,18H,7H2,1-3H3. The number of aromatic nitrogens is 2. The fraction of sp³-hybridized carbons (Fsp3) is 0.308. The summed E-state index contributed by atoms with van der Waals surface area (Å²) >= 11 is 2.99. The van der Waals surface area contributed by atoms with Crippen LogP contribution in [0, 0.1) is 0 Å². The molecule has 2 rings (SSSR count). The summed E-state index contributed by atoms with van der Waals surface area (Å²) in [7, 11) is 3.83. The maximum Gasteiger partial charge on any atom is 0.208 e. The number of carbonyl (C=O) groups excluding carboxylic acids is 1. The van der Waals surface area contributed by atoms with Crippen LogP contribution in [0.25, 0.3) is 0 Å². The first kappa shape index (κ1) is 14.8. The largest absolute Gasteiger partial charge is 0.508 e. The molecule has 5 nitrogen and oxygen atoms in total. The molecule has 0 unspecified atom stereocenters. The van der Waals surface area contributed by atoms with Crippen LogP contribution in [0.5, 0.6) is 5.75 Å². The number of carbonyl (C=O) groups is 1. The van der Waals surface area contributed by atoms with E-state index in [0.29, 0.717) is 11.3 Å². The molecule has 0 amide bonds. The third kappa shape index (κ3) is 3.49. The van der Waals surface area contributed by atoms with E-state index in [1.54, 1.807) is 18.2 Å². The van der Waals surface area contributed by atoms with Gasteiger partial charge in [0.05, 0.1) is 0 Å². The van der Waals surface area contributed by atoms with E-state index >= 15 is 0 Å². The van der Waals surface area contributed by atoms with Crippen LogP contribution in [0.1, 0.15) is 22.8 Å². The molecule has 7 heteroatoms. The molecule has 0 aliphatic carbocycles. The normalized spacial score (nSPS) is 10.6. The molecule has 0 aliphatic heterocycles. The maximum absolute atomic E-state index is 11.3. The van der Waals surface area contributed by atoms with Crippen molar-refractivity contribution in [2.75, 3.05) is 19.0 Å². The van der Waals surface area contributed by atoms with Crippen LogP contribution in [0.2, 0.25) is 0 Å². The van der Waals surface area contributed by atoms with Crippen molar-refractivity contribution in [3.05, 3.63) is 29.3 Å². The van der Waals surface area contributed by atoms with Crippen molar-refractivity contribution in [1.82, 2.24) is 10.2 Å². The van der Waals surface area contributed by atoms with E-state index in [1.807, 2.05) is 19.0 Å². The summed E-state index contributed by atoms with van der Waals surface area (Å²) in [5.74, 6) is 0.733. The summed E-state index contributed by atoms with van der Waals surface area (Å²) < 4.78 is 0.835. The molecule has 0 saturated carbocycles. The van der Waals surface area contributed by atoms with Gasteiger partial charge >= 0.3 is 0 Å². The summed E-state index contributed by atoms with van der Waals surface area (Å²) in [5, 5.41) is 18.8. The highest BCUT2D eigenvalue weighted by molar-refractivity contribution is 8.00. The second-order valence-corrected chi connectivity index (χ2v) is 6.61. The Morgan fingerprint density at radius 1 is 1.40 bits per heavy atom. The highest BCUT2D eigenvalue weighted by Crippen LogP contribution is 2.32. The van der Waals surface area contributed by atoms with Crippen molar-refractivity contribution < 1.29 is 9.90 Å². The topological polar surface area (TPSA) is 66.3 Å². The van der Waals surface area contributed by atoms with Gasteiger partial charge in [-0.2, -0.15) is 0 Å². The number of rotatable bonds is 5. The Kier molecular flexibility index (Phi) is 4.61. The van der Waals surface area contributed by atoms with E-state index in [9.17, 15) is 9.90 Å². The number of anilines is 1. The van der Waals surface area contributed by atoms with Crippen LogP contribution < -0.4 is 4.90 Å². The third-order valence-corrected chi connectivity index (χ3v) is 4.89. The molecule has 0 bridgehead atoms. The number of nitrogens with zero attached hydrogens (tertiary/aromatic N) is 3. The maximum atomic E-state index is 11.3. The van der Waals surface area contributed by atoms with Gasteiger partial charge < -0.3 is 10.0 Å². The van der Waals surface area contributed by atoms with Gasteiger partial charge in [0.1, 0.15) is 5.75 Å². The summed E-state index contributed by atoms with van der Waals surface area (Å²) in [6.45, 7) is 1.51. The Morgan fingerprint density at radius 3 is 2.75 bits per heavy atom. The zero-order valence-electron chi connectivity index (χ0n) is 11.5. The van der Waals surface area contributed by atoms with Crippen molar-refractivity contribution in [2.45, 2.75) is 17.0 Å². The predicted octanol–water partition coefficient (Wildman–Crippen LogP) is 2.80. The lowest BCUT2D eigenvalue weighted by Crippen LogP contribution is -2.07. The van der Waals surface area contributed by atoms with Gasteiger partial charge in [0.2, 0.25) is 5.13 Å². The van der Waals surface area contributed by atoms with Crippen LogP contribution in [0.4, 0.5) is 5.13 Å². The molecule has 20 heavy (non-hydrogen) atoms. The lowest BCUT2D eigenvalue weighted by Gasteiger charge is -2.05. The Balaban J connectivity index is 2.09. The van der Waals surface area contributed by atoms with E-state index in [4.69, 9.17) is 0 Å². The van der Waals surface area contributed by atoms with Gasteiger partial charge in [0.15, 0.2) is 10.1 Å². The lowest BCUT2D eigenvalue weighted by molar-refractivity contribution is 0.101. The second-order valence-electron chi connectivity index (χ2n) is 4.43. The van der Waals surface area contributed by atoms with E-state index < -0.39 is 0 Å².